The van der Waals surface area contributed by atoms with Gasteiger partial charge in [0.15, 0.2) is 6.61 Å². The molecule has 3 aromatic rings. The summed E-state index contributed by atoms with van der Waals surface area (Å²) in [5.41, 5.74) is 2.55. The molecule has 4 rings (SSSR count). The fourth-order valence-corrected chi connectivity index (χ4v) is 4.54. The Kier molecular flexibility index (Phi) is 7.46. The zero-order valence-electron chi connectivity index (χ0n) is 18.5. The molecule has 0 saturated carbocycles. The van der Waals surface area contributed by atoms with Gasteiger partial charge in [0.05, 0.1) is 17.3 Å². The van der Waals surface area contributed by atoms with Gasteiger partial charge in [-0.15, -0.1) is 0 Å². The molecule has 0 fully saturated rings. The quantitative estimate of drug-likeness (QED) is 0.429. The first-order valence-corrected chi connectivity index (χ1v) is 11.9. The number of anilines is 1. The Hall–Kier alpha value is -2.70. The molecule has 33 heavy (non-hydrogen) atoms. The summed E-state index contributed by atoms with van der Waals surface area (Å²) in [5, 5.41) is 4.60. The van der Waals surface area contributed by atoms with Crippen molar-refractivity contribution in [2.45, 2.75) is 39.0 Å². The van der Waals surface area contributed by atoms with Crippen LogP contribution in [0.15, 0.2) is 40.8 Å². The second-order valence-corrected chi connectivity index (χ2v) is 8.99. The maximum atomic E-state index is 12.8. The summed E-state index contributed by atoms with van der Waals surface area (Å²) in [5.74, 6) is 1.07. The lowest BCUT2D eigenvalue weighted by molar-refractivity contribution is -0.136. The number of nitrogens with one attached hydrogen (secondary N) is 1. The Balaban J connectivity index is 1.38. The minimum Gasteiger partial charge on any atom is -0.484 e. The number of ether oxygens (including phenoxy) is 1. The average molecular weight is 489 g/mol. The maximum Gasteiger partial charge on any atom is 0.260 e. The molecular formula is C25H26Cl2N2O4. The van der Waals surface area contributed by atoms with Crippen LogP contribution in [0, 0.1) is 0 Å². The number of halogens is 2. The molecule has 0 atom stereocenters. The molecule has 8 heteroatoms. The van der Waals surface area contributed by atoms with Crippen molar-refractivity contribution in [2.75, 3.05) is 25.0 Å². The fourth-order valence-electron chi connectivity index (χ4n) is 4.08. The molecule has 0 unspecified atom stereocenters. The Labute approximate surface area is 202 Å². The highest BCUT2D eigenvalue weighted by molar-refractivity contribution is 6.36. The predicted molar refractivity (Wildman–Crippen MR) is 130 cm³/mol. The average Bonchev–Trinajstić information content (AvgIpc) is 3.17. The van der Waals surface area contributed by atoms with Crippen LogP contribution in [0.25, 0.3) is 11.0 Å². The zero-order valence-corrected chi connectivity index (χ0v) is 20.0. The number of carbonyl (C=O) groups is 2. The Morgan fingerprint density at radius 1 is 1.12 bits per heavy atom. The summed E-state index contributed by atoms with van der Waals surface area (Å²) < 4.78 is 11.8. The second kappa shape index (κ2) is 10.5. The molecule has 1 aromatic heterocycles. The van der Waals surface area contributed by atoms with Crippen molar-refractivity contribution >= 4 is 51.7 Å². The van der Waals surface area contributed by atoms with Gasteiger partial charge in [-0.1, -0.05) is 30.1 Å². The van der Waals surface area contributed by atoms with E-state index >= 15 is 0 Å². The topological polar surface area (TPSA) is 71.8 Å². The SMILES string of the molecule is CCCN(CC(=O)Nc1ccc(Cl)cc1Cl)C(=O)COc1ccc2oc3c(c2c1)CCCC3. The Morgan fingerprint density at radius 2 is 1.94 bits per heavy atom. The van der Waals surface area contributed by atoms with Crippen LogP contribution in [-0.4, -0.2) is 36.4 Å². The molecule has 2 aromatic carbocycles. The van der Waals surface area contributed by atoms with E-state index in [1.165, 1.54) is 10.5 Å². The summed E-state index contributed by atoms with van der Waals surface area (Å²) >= 11 is 12.0. The maximum absolute atomic E-state index is 12.8. The third-order valence-corrected chi connectivity index (χ3v) is 6.22. The van der Waals surface area contributed by atoms with Crippen molar-refractivity contribution < 1.29 is 18.7 Å². The second-order valence-electron chi connectivity index (χ2n) is 8.15. The highest BCUT2D eigenvalue weighted by Gasteiger charge is 2.20. The standard InChI is InChI=1S/C25H26Cl2N2O4/c1-2-11-29(14-24(30)28-21-9-7-16(26)12-20(21)27)25(31)15-32-17-8-10-23-19(13-17)18-5-3-4-6-22(18)33-23/h7-10,12-13H,2-6,11,14-15H2,1H3,(H,28,30). The molecule has 1 heterocycles. The normalized spacial score (nSPS) is 12.9. The summed E-state index contributed by atoms with van der Waals surface area (Å²) in [6, 6.07) is 10.5. The molecule has 0 aliphatic heterocycles. The van der Waals surface area contributed by atoms with Gasteiger partial charge in [0.2, 0.25) is 5.91 Å². The zero-order chi connectivity index (χ0) is 23.4. The molecule has 174 valence electrons. The van der Waals surface area contributed by atoms with E-state index in [0.717, 1.165) is 42.4 Å². The molecule has 1 aliphatic carbocycles. The van der Waals surface area contributed by atoms with E-state index in [4.69, 9.17) is 32.4 Å². The van der Waals surface area contributed by atoms with Crippen LogP contribution >= 0.6 is 23.2 Å². The van der Waals surface area contributed by atoms with Crippen LogP contribution in [0.5, 0.6) is 5.75 Å². The van der Waals surface area contributed by atoms with E-state index in [2.05, 4.69) is 5.32 Å². The van der Waals surface area contributed by atoms with Gasteiger partial charge >= 0.3 is 0 Å². The lowest BCUT2D eigenvalue weighted by atomic mass is 9.96. The van der Waals surface area contributed by atoms with E-state index in [9.17, 15) is 9.59 Å². The van der Waals surface area contributed by atoms with Crippen molar-refractivity contribution in [3.05, 3.63) is 57.8 Å². The molecule has 0 bridgehead atoms. The number of nitrogens with zero attached hydrogens (tertiary/aromatic N) is 1. The molecule has 6 nitrogen and oxygen atoms in total. The number of rotatable bonds is 8. The number of aryl methyl sites for hydroxylation is 2. The van der Waals surface area contributed by atoms with Gasteiger partial charge in [-0.3, -0.25) is 9.59 Å². The molecule has 0 radical (unpaired) electrons. The minimum absolute atomic E-state index is 0.0940. The van der Waals surface area contributed by atoms with Gasteiger partial charge in [-0.05, 0) is 62.1 Å². The van der Waals surface area contributed by atoms with Crippen LogP contribution in [0.3, 0.4) is 0 Å². The van der Waals surface area contributed by atoms with E-state index in [1.807, 2.05) is 25.1 Å². The van der Waals surface area contributed by atoms with E-state index in [-0.39, 0.29) is 25.0 Å². The molecular weight excluding hydrogens is 463 g/mol. The fraction of sp³-hybridized carbons (Fsp3) is 0.360. The Morgan fingerprint density at radius 3 is 2.73 bits per heavy atom. The van der Waals surface area contributed by atoms with Crippen molar-refractivity contribution in [1.29, 1.82) is 0 Å². The molecule has 1 N–H and O–H groups in total. The number of fused-ring (bicyclic) bond motifs is 3. The lowest BCUT2D eigenvalue weighted by Crippen LogP contribution is -2.41. The lowest BCUT2D eigenvalue weighted by Gasteiger charge is -2.22. The van der Waals surface area contributed by atoms with Crippen LogP contribution < -0.4 is 10.1 Å². The first-order valence-electron chi connectivity index (χ1n) is 11.1. The van der Waals surface area contributed by atoms with Crippen molar-refractivity contribution in [2.24, 2.45) is 0 Å². The molecule has 2 amide bonds. The third kappa shape index (κ3) is 5.63. The number of amides is 2. The smallest absolute Gasteiger partial charge is 0.260 e. The van der Waals surface area contributed by atoms with E-state index in [0.29, 0.717) is 34.4 Å². The highest BCUT2D eigenvalue weighted by atomic mass is 35.5. The Bertz CT molecular complexity index is 1170. The number of furan rings is 1. The van der Waals surface area contributed by atoms with Crippen molar-refractivity contribution in [1.82, 2.24) is 4.90 Å². The highest BCUT2D eigenvalue weighted by Crippen LogP contribution is 2.34. The summed E-state index contributed by atoms with van der Waals surface area (Å²) in [4.78, 5) is 26.8. The van der Waals surface area contributed by atoms with Gasteiger partial charge in [-0.2, -0.15) is 0 Å². The van der Waals surface area contributed by atoms with Gasteiger partial charge in [0, 0.05) is 28.9 Å². The van der Waals surface area contributed by atoms with Gasteiger partial charge in [0.25, 0.3) is 5.91 Å². The van der Waals surface area contributed by atoms with Crippen LogP contribution in [0.2, 0.25) is 10.0 Å². The summed E-state index contributed by atoms with van der Waals surface area (Å²) in [6.07, 6.45) is 4.99. The van der Waals surface area contributed by atoms with Crippen LogP contribution in [0.4, 0.5) is 5.69 Å². The van der Waals surface area contributed by atoms with E-state index < -0.39 is 0 Å². The number of benzene rings is 2. The number of hydrogen-bond donors (Lipinski definition) is 1. The first-order chi connectivity index (χ1) is 15.9. The molecule has 0 saturated heterocycles. The first kappa shape index (κ1) is 23.5. The summed E-state index contributed by atoms with van der Waals surface area (Å²) in [7, 11) is 0. The number of hydrogen-bond acceptors (Lipinski definition) is 4. The van der Waals surface area contributed by atoms with Crippen molar-refractivity contribution in [3.63, 3.8) is 0 Å². The van der Waals surface area contributed by atoms with Gasteiger partial charge < -0.3 is 19.4 Å². The van der Waals surface area contributed by atoms with E-state index in [1.54, 1.807) is 18.2 Å². The molecule has 1 aliphatic rings. The van der Waals surface area contributed by atoms with Crippen LogP contribution in [-0.2, 0) is 22.4 Å². The van der Waals surface area contributed by atoms with Gasteiger partial charge in [-0.25, -0.2) is 0 Å². The monoisotopic (exact) mass is 488 g/mol. The minimum atomic E-state index is -0.340. The van der Waals surface area contributed by atoms with Gasteiger partial charge in [0.1, 0.15) is 17.1 Å². The third-order valence-electron chi connectivity index (χ3n) is 5.67. The number of carbonyl (C=O) groups excluding carboxylic acids is 2. The summed E-state index contributed by atoms with van der Waals surface area (Å²) in [6.45, 7) is 2.15. The van der Waals surface area contributed by atoms with Crippen LogP contribution in [0.1, 0.15) is 37.5 Å². The largest absolute Gasteiger partial charge is 0.484 e. The predicted octanol–water partition coefficient (Wildman–Crippen LogP) is 5.87. The molecule has 0 spiro atoms. The van der Waals surface area contributed by atoms with Crippen molar-refractivity contribution in [3.8, 4) is 5.75 Å².